The molecule has 3 aromatic rings. The highest BCUT2D eigenvalue weighted by Gasteiger charge is 2.13. The van der Waals surface area contributed by atoms with Gasteiger partial charge in [-0.05, 0) is 35.7 Å². The smallest absolute Gasteiger partial charge is 0.346 e. The Balaban J connectivity index is 1.50. The highest BCUT2D eigenvalue weighted by molar-refractivity contribution is 5.77. The van der Waals surface area contributed by atoms with E-state index in [9.17, 15) is 9.59 Å². The van der Waals surface area contributed by atoms with Gasteiger partial charge in [-0.15, -0.1) is 5.10 Å². The summed E-state index contributed by atoms with van der Waals surface area (Å²) >= 11 is 0. The van der Waals surface area contributed by atoms with Gasteiger partial charge in [0.1, 0.15) is 11.4 Å². The van der Waals surface area contributed by atoms with Crippen molar-refractivity contribution in [1.29, 1.82) is 0 Å². The summed E-state index contributed by atoms with van der Waals surface area (Å²) in [6, 6.07) is 13.1. The molecule has 0 spiro atoms. The first-order valence-electron chi connectivity index (χ1n) is 9.50. The van der Waals surface area contributed by atoms with Gasteiger partial charge >= 0.3 is 5.69 Å². The van der Waals surface area contributed by atoms with E-state index in [1.807, 2.05) is 30.3 Å². The second kappa shape index (κ2) is 9.18. The van der Waals surface area contributed by atoms with E-state index in [1.165, 1.54) is 14.8 Å². The van der Waals surface area contributed by atoms with Crippen LogP contribution in [0.1, 0.15) is 25.3 Å². The molecule has 1 N–H and O–H groups in total. The Morgan fingerprint density at radius 1 is 1.17 bits per heavy atom. The minimum absolute atomic E-state index is 0.0860. The van der Waals surface area contributed by atoms with Crippen LogP contribution in [0.5, 0.6) is 5.75 Å². The summed E-state index contributed by atoms with van der Waals surface area (Å²) in [4.78, 5) is 28.5. The van der Waals surface area contributed by atoms with Gasteiger partial charge in [0.05, 0.1) is 6.54 Å². The molecule has 0 saturated carbocycles. The van der Waals surface area contributed by atoms with E-state index in [0.717, 1.165) is 0 Å². The molecule has 8 nitrogen and oxygen atoms in total. The summed E-state index contributed by atoms with van der Waals surface area (Å²) < 4.78 is 8.26. The zero-order chi connectivity index (χ0) is 20.8. The van der Waals surface area contributed by atoms with E-state index in [0.29, 0.717) is 23.2 Å². The molecule has 152 valence electrons. The fraction of sp³-hybridized carbons (Fsp3) is 0.333. The molecule has 0 aliphatic heterocycles. The second-order valence-electron chi connectivity index (χ2n) is 6.97. The monoisotopic (exact) mass is 395 g/mol. The quantitative estimate of drug-likeness (QED) is 0.630. The third kappa shape index (κ3) is 5.10. The van der Waals surface area contributed by atoms with Gasteiger partial charge in [-0.1, -0.05) is 32.0 Å². The molecule has 1 aromatic carbocycles. The SMILES string of the molecule is CC(C)c1ccc(OCC(=O)NCCn2nc(-c3ccccn3)n(C)c2=O)cc1. The summed E-state index contributed by atoms with van der Waals surface area (Å²) in [7, 11) is 1.65. The number of benzene rings is 1. The van der Waals surface area contributed by atoms with E-state index in [4.69, 9.17) is 4.74 Å². The van der Waals surface area contributed by atoms with Gasteiger partial charge in [0.15, 0.2) is 12.4 Å². The maximum atomic E-state index is 12.3. The topological polar surface area (TPSA) is 91.0 Å². The van der Waals surface area contributed by atoms with Crippen LogP contribution in [0.15, 0.2) is 53.5 Å². The number of hydrogen-bond acceptors (Lipinski definition) is 5. The van der Waals surface area contributed by atoms with Gasteiger partial charge in [-0.2, -0.15) is 0 Å². The number of ether oxygens (including phenoxy) is 1. The van der Waals surface area contributed by atoms with E-state index in [1.54, 1.807) is 25.4 Å². The number of pyridine rings is 1. The Bertz CT molecular complexity index is 1010. The third-order valence-electron chi connectivity index (χ3n) is 4.50. The van der Waals surface area contributed by atoms with Crippen molar-refractivity contribution in [3.8, 4) is 17.3 Å². The van der Waals surface area contributed by atoms with Crippen molar-refractivity contribution in [3.63, 3.8) is 0 Å². The molecule has 2 heterocycles. The summed E-state index contributed by atoms with van der Waals surface area (Å²) in [5, 5.41) is 7.05. The molecule has 29 heavy (non-hydrogen) atoms. The lowest BCUT2D eigenvalue weighted by Gasteiger charge is -2.09. The molecule has 0 saturated heterocycles. The number of rotatable bonds is 8. The molecule has 0 fully saturated rings. The van der Waals surface area contributed by atoms with Crippen LogP contribution in [0.3, 0.4) is 0 Å². The van der Waals surface area contributed by atoms with Crippen molar-refractivity contribution in [2.45, 2.75) is 26.3 Å². The maximum absolute atomic E-state index is 12.3. The molecule has 0 aliphatic carbocycles. The number of hydrogen-bond donors (Lipinski definition) is 1. The Morgan fingerprint density at radius 2 is 1.93 bits per heavy atom. The van der Waals surface area contributed by atoms with Crippen LogP contribution in [-0.4, -0.2) is 38.4 Å². The van der Waals surface area contributed by atoms with Gasteiger partial charge in [0.25, 0.3) is 5.91 Å². The fourth-order valence-corrected chi connectivity index (χ4v) is 2.80. The number of carbonyl (C=O) groups is 1. The molecule has 8 heteroatoms. The molecule has 0 radical (unpaired) electrons. The molecule has 1 amide bonds. The largest absolute Gasteiger partial charge is 0.484 e. The number of aromatic nitrogens is 4. The van der Waals surface area contributed by atoms with Crippen molar-refractivity contribution in [2.75, 3.05) is 13.2 Å². The molecule has 0 bridgehead atoms. The van der Waals surface area contributed by atoms with Crippen molar-refractivity contribution in [2.24, 2.45) is 7.05 Å². The predicted octanol–water partition coefficient (Wildman–Crippen LogP) is 1.96. The first-order valence-corrected chi connectivity index (χ1v) is 9.50. The summed E-state index contributed by atoms with van der Waals surface area (Å²) in [5.74, 6) is 1.31. The Hall–Kier alpha value is -3.42. The second-order valence-corrected chi connectivity index (χ2v) is 6.97. The van der Waals surface area contributed by atoms with Crippen LogP contribution in [0.25, 0.3) is 11.5 Å². The van der Waals surface area contributed by atoms with Gasteiger partial charge in [0, 0.05) is 19.8 Å². The van der Waals surface area contributed by atoms with Crippen molar-refractivity contribution in [3.05, 3.63) is 64.7 Å². The van der Waals surface area contributed by atoms with E-state index < -0.39 is 0 Å². The van der Waals surface area contributed by atoms with Crippen LogP contribution in [0.2, 0.25) is 0 Å². The maximum Gasteiger partial charge on any atom is 0.346 e. The average molecular weight is 395 g/mol. The Kier molecular flexibility index (Phi) is 6.43. The average Bonchev–Trinajstić information content (AvgIpc) is 3.02. The molecule has 3 rings (SSSR count). The van der Waals surface area contributed by atoms with Gasteiger partial charge in [-0.25, -0.2) is 9.48 Å². The first-order chi connectivity index (χ1) is 14.0. The predicted molar refractivity (Wildman–Crippen MR) is 110 cm³/mol. The zero-order valence-electron chi connectivity index (χ0n) is 16.8. The van der Waals surface area contributed by atoms with Crippen LogP contribution in [0.4, 0.5) is 0 Å². The summed E-state index contributed by atoms with van der Waals surface area (Å²) in [6.07, 6.45) is 1.65. The van der Waals surface area contributed by atoms with Crippen molar-refractivity contribution in [1.82, 2.24) is 24.6 Å². The van der Waals surface area contributed by atoms with Gasteiger partial charge in [0.2, 0.25) is 0 Å². The number of carbonyl (C=O) groups excluding carboxylic acids is 1. The lowest BCUT2D eigenvalue weighted by Crippen LogP contribution is -2.34. The lowest BCUT2D eigenvalue weighted by atomic mass is 10.0. The van der Waals surface area contributed by atoms with Crippen LogP contribution < -0.4 is 15.7 Å². The Morgan fingerprint density at radius 3 is 2.59 bits per heavy atom. The molecule has 0 aliphatic rings. The molecular weight excluding hydrogens is 370 g/mol. The molecule has 0 unspecified atom stereocenters. The molecule has 0 atom stereocenters. The van der Waals surface area contributed by atoms with E-state index in [-0.39, 0.29) is 31.3 Å². The van der Waals surface area contributed by atoms with Gasteiger partial charge in [-0.3, -0.25) is 14.3 Å². The lowest BCUT2D eigenvalue weighted by molar-refractivity contribution is -0.123. The highest BCUT2D eigenvalue weighted by Crippen LogP contribution is 2.18. The number of amides is 1. The molecular formula is C21H25N5O3. The summed E-state index contributed by atoms with van der Waals surface area (Å²) in [6.45, 7) is 4.68. The van der Waals surface area contributed by atoms with Crippen molar-refractivity contribution >= 4 is 5.91 Å². The number of nitrogens with zero attached hydrogens (tertiary/aromatic N) is 4. The van der Waals surface area contributed by atoms with Crippen LogP contribution in [0, 0.1) is 0 Å². The molecule has 2 aromatic heterocycles. The standard InChI is InChI=1S/C21H25N5O3/c1-15(2)16-7-9-17(10-8-16)29-14-19(27)23-12-13-26-21(28)25(3)20(24-26)18-6-4-5-11-22-18/h4-11,15H,12-14H2,1-3H3,(H,23,27). The van der Waals surface area contributed by atoms with Crippen molar-refractivity contribution < 1.29 is 9.53 Å². The first kappa shape index (κ1) is 20.3. The third-order valence-corrected chi connectivity index (χ3v) is 4.50. The Labute approximate surface area is 169 Å². The van der Waals surface area contributed by atoms with Crippen LogP contribution >= 0.6 is 0 Å². The fourth-order valence-electron chi connectivity index (χ4n) is 2.80. The minimum Gasteiger partial charge on any atom is -0.484 e. The minimum atomic E-state index is -0.263. The zero-order valence-corrected chi connectivity index (χ0v) is 16.8. The van der Waals surface area contributed by atoms with E-state index in [2.05, 4.69) is 29.2 Å². The highest BCUT2D eigenvalue weighted by atomic mass is 16.5. The summed E-state index contributed by atoms with van der Waals surface area (Å²) in [5.41, 5.74) is 1.57. The van der Waals surface area contributed by atoms with Gasteiger partial charge < -0.3 is 10.1 Å². The van der Waals surface area contributed by atoms with Crippen LogP contribution in [-0.2, 0) is 18.4 Å². The number of nitrogens with one attached hydrogen (secondary N) is 1. The van der Waals surface area contributed by atoms with E-state index >= 15 is 0 Å². The normalized spacial score (nSPS) is 10.9.